The van der Waals surface area contributed by atoms with Crippen molar-refractivity contribution in [3.63, 3.8) is 0 Å². The van der Waals surface area contributed by atoms with Crippen molar-refractivity contribution in [3.8, 4) is 11.3 Å². The number of nitrogens with two attached hydrogens (primary N) is 1. The molecule has 27 heavy (non-hydrogen) atoms. The van der Waals surface area contributed by atoms with Crippen LogP contribution in [-0.4, -0.2) is 4.98 Å². The second kappa shape index (κ2) is 7.47. The van der Waals surface area contributed by atoms with Crippen molar-refractivity contribution in [1.82, 2.24) is 4.98 Å². The topological polar surface area (TPSA) is 38.9 Å². The van der Waals surface area contributed by atoms with Gasteiger partial charge in [0.2, 0.25) is 0 Å². The van der Waals surface area contributed by atoms with E-state index in [2.05, 4.69) is 56.5 Å². The van der Waals surface area contributed by atoms with E-state index < -0.39 is 0 Å². The highest BCUT2D eigenvalue weighted by atomic mass is 32.1. The fraction of sp³-hybridized carbons (Fsp3) is 0.375. The highest BCUT2D eigenvalue weighted by molar-refractivity contribution is 7.10. The van der Waals surface area contributed by atoms with Gasteiger partial charge in [-0.15, -0.1) is 11.3 Å². The maximum Gasteiger partial charge on any atom is 0.0976 e. The molecule has 0 spiro atoms. The number of aromatic nitrogens is 1. The molecule has 3 heteroatoms. The maximum absolute atomic E-state index is 6.14. The van der Waals surface area contributed by atoms with Gasteiger partial charge >= 0.3 is 0 Å². The summed E-state index contributed by atoms with van der Waals surface area (Å²) in [7, 11) is 0. The van der Waals surface area contributed by atoms with E-state index in [1.807, 2.05) is 0 Å². The number of hydrogen-bond donors (Lipinski definition) is 1. The van der Waals surface area contributed by atoms with Gasteiger partial charge in [0.15, 0.2) is 0 Å². The summed E-state index contributed by atoms with van der Waals surface area (Å²) in [6.07, 6.45) is 5.96. The lowest BCUT2D eigenvalue weighted by Gasteiger charge is -2.16. The molecule has 0 unspecified atom stereocenters. The van der Waals surface area contributed by atoms with Gasteiger partial charge in [-0.3, -0.25) is 0 Å². The van der Waals surface area contributed by atoms with E-state index in [4.69, 9.17) is 10.7 Å². The maximum atomic E-state index is 6.14. The minimum Gasteiger partial charge on any atom is -0.399 e. The number of hydrogen-bond acceptors (Lipinski definition) is 3. The number of fused-ring (bicyclic) bond motifs is 1. The van der Waals surface area contributed by atoms with Crippen LogP contribution in [0, 0.1) is 6.92 Å². The first-order valence-electron chi connectivity index (χ1n) is 9.96. The van der Waals surface area contributed by atoms with E-state index in [1.165, 1.54) is 58.5 Å². The molecule has 1 aliphatic carbocycles. The van der Waals surface area contributed by atoms with Gasteiger partial charge in [0.1, 0.15) is 0 Å². The summed E-state index contributed by atoms with van der Waals surface area (Å²) in [5.74, 6) is 0.461. The Kier molecular flexibility index (Phi) is 5.05. The minimum absolute atomic E-state index is 0.461. The van der Waals surface area contributed by atoms with Crippen LogP contribution in [0.25, 0.3) is 11.3 Å². The molecule has 2 aromatic carbocycles. The van der Waals surface area contributed by atoms with Crippen LogP contribution in [0.1, 0.15) is 65.4 Å². The molecular weight excluding hydrogens is 348 g/mol. The molecule has 1 heterocycles. The zero-order valence-electron chi connectivity index (χ0n) is 16.5. The molecule has 0 aliphatic heterocycles. The molecule has 1 aliphatic rings. The average molecular weight is 377 g/mol. The van der Waals surface area contributed by atoms with Gasteiger partial charge in [0.05, 0.1) is 10.7 Å². The molecule has 0 fully saturated rings. The number of thiazole rings is 1. The van der Waals surface area contributed by atoms with Gasteiger partial charge in [-0.1, -0.05) is 32.0 Å². The van der Waals surface area contributed by atoms with Crippen molar-refractivity contribution in [2.45, 2.75) is 58.8 Å². The van der Waals surface area contributed by atoms with Crippen LogP contribution in [-0.2, 0) is 19.3 Å². The normalized spacial score (nSPS) is 13.8. The van der Waals surface area contributed by atoms with Gasteiger partial charge < -0.3 is 5.73 Å². The molecule has 0 amide bonds. The molecule has 140 valence electrons. The molecular formula is C24H28N2S. The van der Waals surface area contributed by atoms with E-state index in [0.717, 1.165) is 23.4 Å². The van der Waals surface area contributed by atoms with Crippen molar-refractivity contribution in [2.24, 2.45) is 0 Å². The lowest BCUT2D eigenvalue weighted by molar-refractivity contribution is 0.686. The number of aryl methyl sites for hydroxylation is 3. The quantitative estimate of drug-likeness (QED) is 0.543. The van der Waals surface area contributed by atoms with Crippen molar-refractivity contribution < 1.29 is 0 Å². The predicted octanol–water partition coefficient (Wildman–Crippen LogP) is 6.29. The summed E-state index contributed by atoms with van der Waals surface area (Å²) in [5.41, 5.74) is 16.3. The van der Waals surface area contributed by atoms with Gasteiger partial charge in [-0.25, -0.2) is 4.98 Å². The number of benzene rings is 2. The van der Waals surface area contributed by atoms with Crippen molar-refractivity contribution in [3.05, 3.63) is 68.5 Å². The zero-order valence-corrected chi connectivity index (χ0v) is 17.3. The third kappa shape index (κ3) is 3.79. The van der Waals surface area contributed by atoms with Gasteiger partial charge in [-0.05, 0) is 78.5 Å². The van der Waals surface area contributed by atoms with Crippen molar-refractivity contribution in [2.75, 3.05) is 5.73 Å². The minimum atomic E-state index is 0.461. The Hall–Kier alpha value is -2.13. The number of nitrogen functional groups attached to an aromatic ring is 1. The number of nitrogens with zero attached hydrogens (tertiary/aromatic N) is 1. The summed E-state index contributed by atoms with van der Waals surface area (Å²) < 4.78 is 0. The Bertz CT molecular complexity index is 969. The Labute approximate surface area is 166 Å². The zero-order chi connectivity index (χ0) is 19.0. The summed E-state index contributed by atoms with van der Waals surface area (Å²) >= 11 is 1.76. The lowest BCUT2D eigenvalue weighted by Crippen LogP contribution is -2.02. The molecule has 0 atom stereocenters. The molecule has 2 nitrogen and oxygen atoms in total. The van der Waals surface area contributed by atoms with Crippen LogP contribution in [0.3, 0.4) is 0 Å². The fourth-order valence-electron chi connectivity index (χ4n) is 4.07. The fourth-order valence-corrected chi connectivity index (χ4v) is 4.90. The van der Waals surface area contributed by atoms with E-state index in [-0.39, 0.29) is 0 Å². The van der Waals surface area contributed by atoms with Crippen molar-refractivity contribution >= 4 is 17.0 Å². The highest BCUT2D eigenvalue weighted by Crippen LogP contribution is 2.31. The van der Waals surface area contributed by atoms with Crippen LogP contribution in [0.4, 0.5) is 5.69 Å². The monoisotopic (exact) mass is 376 g/mol. The first-order valence-corrected chi connectivity index (χ1v) is 10.8. The molecule has 4 rings (SSSR count). The molecule has 3 aromatic rings. The van der Waals surface area contributed by atoms with E-state index in [1.54, 1.807) is 11.3 Å². The van der Waals surface area contributed by atoms with Crippen LogP contribution >= 0.6 is 11.3 Å². The summed E-state index contributed by atoms with van der Waals surface area (Å²) in [5, 5.41) is 3.38. The lowest BCUT2D eigenvalue weighted by atomic mass is 9.90. The third-order valence-corrected chi connectivity index (χ3v) is 6.54. The average Bonchev–Trinajstić information content (AvgIpc) is 3.12. The summed E-state index contributed by atoms with van der Waals surface area (Å²) in [6, 6.07) is 11.3. The van der Waals surface area contributed by atoms with Crippen LogP contribution in [0.2, 0.25) is 0 Å². The van der Waals surface area contributed by atoms with Gasteiger partial charge in [0, 0.05) is 23.1 Å². The largest absolute Gasteiger partial charge is 0.399 e. The van der Waals surface area contributed by atoms with Crippen LogP contribution in [0.5, 0.6) is 0 Å². The van der Waals surface area contributed by atoms with Gasteiger partial charge in [0.25, 0.3) is 0 Å². The Balaban J connectivity index is 1.61. The Morgan fingerprint density at radius 2 is 1.85 bits per heavy atom. The van der Waals surface area contributed by atoms with Crippen LogP contribution in [0.15, 0.2) is 35.7 Å². The Morgan fingerprint density at radius 3 is 2.63 bits per heavy atom. The SMILES string of the molecule is Cc1cc(Cc2nc(-c3ccc4c(c3)CCCC4)cs2)c(C(C)C)cc1N. The summed E-state index contributed by atoms with van der Waals surface area (Å²) in [4.78, 5) is 4.96. The van der Waals surface area contributed by atoms with E-state index >= 15 is 0 Å². The van der Waals surface area contributed by atoms with Gasteiger partial charge in [-0.2, -0.15) is 0 Å². The van der Waals surface area contributed by atoms with E-state index in [0.29, 0.717) is 5.92 Å². The molecule has 2 N–H and O–H groups in total. The number of anilines is 1. The van der Waals surface area contributed by atoms with Crippen LogP contribution < -0.4 is 5.73 Å². The number of rotatable bonds is 4. The van der Waals surface area contributed by atoms with E-state index in [9.17, 15) is 0 Å². The standard InChI is InChI=1S/C24H28N2S/c1-15(2)21-13-22(25)16(3)10-20(21)12-24-26-23(14-27-24)19-9-8-17-6-4-5-7-18(17)11-19/h8-11,13-15H,4-7,12,25H2,1-3H3. The van der Waals surface area contributed by atoms with Crippen molar-refractivity contribution in [1.29, 1.82) is 0 Å². The second-order valence-corrected chi connectivity index (χ2v) is 9.00. The molecule has 1 aromatic heterocycles. The molecule has 0 saturated carbocycles. The Morgan fingerprint density at radius 1 is 1.07 bits per heavy atom. The predicted molar refractivity (Wildman–Crippen MR) is 117 cm³/mol. The third-order valence-electron chi connectivity index (χ3n) is 5.69. The molecule has 0 saturated heterocycles. The molecule has 0 radical (unpaired) electrons. The molecule has 0 bridgehead atoms. The first-order chi connectivity index (χ1) is 13.0. The first kappa shape index (κ1) is 18.2. The second-order valence-electron chi connectivity index (χ2n) is 8.06. The summed E-state index contributed by atoms with van der Waals surface area (Å²) in [6.45, 7) is 6.55. The smallest absolute Gasteiger partial charge is 0.0976 e. The highest BCUT2D eigenvalue weighted by Gasteiger charge is 2.14.